The molecule has 0 saturated carbocycles. The minimum absolute atomic E-state index is 0.0178. The van der Waals surface area contributed by atoms with E-state index in [0.717, 1.165) is 43.1 Å². The summed E-state index contributed by atoms with van der Waals surface area (Å²) in [5.74, 6) is -0.517. The Morgan fingerprint density at radius 2 is 1.76 bits per heavy atom. The fraction of sp³-hybridized carbons (Fsp3) is 0.185. The molecule has 1 aromatic heterocycles. The van der Waals surface area contributed by atoms with Gasteiger partial charge >= 0.3 is 0 Å². The molecule has 1 aliphatic rings. The summed E-state index contributed by atoms with van der Waals surface area (Å²) >= 11 is 12.9. The Hall–Kier alpha value is -3.15. The molecule has 34 heavy (non-hydrogen) atoms. The lowest BCUT2D eigenvalue weighted by molar-refractivity contribution is 0.103. The van der Waals surface area contributed by atoms with Crippen LogP contribution in [0.1, 0.15) is 40.0 Å². The van der Waals surface area contributed by atoms with Crippen LogP contribution in [-0.4, -0.2) is 15.6 Å². The SMILES string of the molecule is O=C(c1cc(-c2nn3c(c2Cl)CCCC3)c(F)cc1Cl)c1ccccc1OCc1ccccc1. The van der Waals surface area contributed by atoms with Gasteiger partial charge in [0.1, 0.15) is 23.9 Å². The largest absolute Gasteiger partial charge is 0.488 e. The molecule has 7 heteroatoms. The molecule has 2 heterocycles. The number of ether oxygens (including phenoxy) is 1. The van der Waals surface area contributed by atoms with Crippen LogP contribution in [0.5, 0.6) is 5.75 Å². The number of ketones is 1. The second-order valence-corrected chi connectivity index (χ2v) is 8.99. The molecule has 0 radical (unpaired) electrons. The van der Waals surface area contributed by atoms with Gasteiger partial charge in [-0.25, -0.2) is 4.39 Å². The van der Waals surface area contributed by atoms with Gasteiger partial charge in [-0.3, -0.25) is 9.48 Å². The van der Waals surface area contributed by atoms with Gasteiger partial charge in [0, 0.05) is 17.7 Å². The van der Waals surface area contributed by atoms with Gasteiger partial charge in [0.25, 0.3) is 0 Å². The molecule has 0 spiro atoms. The third-order valence-corrected chi connectivity index (χ3v) is 6.66. The molecule has 0 saturated heterocycles. The highest BCUT2D eigenvalue weighted by Crippen LogP contribution is 2.37. The Morgan fingerprint density at radius 3 is 2.56 bits per heavy atom. The summed E-state index contributed by atoms with van der Waals surface area (Å²) in [6.45, 7) is 1.05. The summed E-state index contributed by atoms with van der Waals surface area (Å²) in [6, 6.07) is 19.2. The summed E-state index contributed by atoms with van der Waals surface area (Å²) in [7, 11) is 0. The van der Waals surface area contributed by atoms with E-state index in [4.69, 9.17) is 27.9 Å². The topological polar surface area (TPSA) is 44.1 Å². The van der Waals surface area contributed by atoms with Crippen LogP contribution < -0.4 is 4.74 Å². The van der Waals surface area contributed by atoms with E-state index in [1.807, 2.05) is 35.0 Å². The first kappa shape index (κ1) is 22.6. The van der Waals surface area contributed by atoms with Crippen molar-refractivity contribution in [2.45, 2.75) is 32.4 Å². The smallest absolute Gasteiger partial charge is 0.198 e. The number of fused-ring (bicyclic) bond motifs is 1. The van der Waals surface area contributed by atoms with Crippen LogP contribution in [0, 0.1) is 5.82 Å². The number of carbonyl (C=O) groups excluding carboxylic acids is 1. The Kier molecular flexibility index (Phi) is 6.40. The summed E-state index contributed by atoms with van der Waals surface area (Å²) in [5.41, 5.74) is 2.86. The van der Waals surface area contributed by atoms with Crippen molar-refractivity contribution in [3.05, 3.63) is 105 Å². The molecule has 0 unspecified atom stereocenters. The Bertz CT molecular complexity index is 1370. The van der Waals surface area contributed by atoms with E-state index in [2.05, 4.69) is 5.10 Å². The van der Waals surface area contributed by atoms with Crippen molar-refractivity contribution in [3.8, 4) is 17.0 Å². The number of rotatable bonds is 6. The van der Waals surface area contributed by atoms with Gasteiger partial charge in [-0.2, -0.15) is 5.10 Å². The highest BCUT2D eigenvalue weighted by Gasteiger charge is 2.25. The molecule has 5 rings (SSSR count). The summed E-state index contributed by atoms with van der Waals surface area (Å²) in [4.78, 5) is 13.5. The fourth-order valence-electron chi connectivity index (χ4n) is 4.19. The van der Waals surface area contributed by atoms with Crippen LogP contribution in [0.4, 0.5) is 4.39 Å². The molecule has 0 bridgehead atoms. The first-order valence-electron chi connectivity index (χ1n) is 11.1. The molecule has 0 fully saturated rings. The zero-order chi connectivity index (χ0) is 23.7. The van der Waals surface area contributed by atoms with E-state index in [1.165, 1.54) is 6.07 Å². The van der Waals surface area contributed by atoms with Gasteiger partial charge < -0.3 is 4.74 Å². The predicted octanol–water partition coefficient (Wildman–Crippen LogP) is 7.14. The summed E-state index contributed by atoms with van der Waals surface area (Å²) < 4.78 is 22.8. The lowest BCUT2D eigenvalue weighted by Gasteiger charge is -2.13. The molecule has 4 aromatic rings. The van der Waals surface area contributed by atoms with E-state index in [0.29, 0.717) is 28.6 Å². The van der Waals surface area contributed by atoms with Crippen LogP contribution in [-0.2, 0) is 19.6 Å². The zero-order valence-corrected chi connectivity index (χ0v) is 19.7. The van der Waals surface area contributed by atoms with Gasteiger partial charge in [-0.1, -0.05) is 65.7 Å². The lowest BCUT2D eigenvalue weighted by Crippen LogP contribution is -2.11. The van der Waals surface area contributed by atoms with Gasteiger partial charge in [-0.05, 0) is 49.1 Å². The molecule has 4 nitrogen and oxygen atoms in total. The standard InChI is InChI=1S/C27H21Cl2FN2O2/c28-21-15-22(30)20(26-25(29)23-11-6-7-13-32(23)31-26)14-19(21)27(33)18-10-4-5-12-24(18)34-16-17-8-2-1-3-9-17/h1-5,8-10,12,14-15H,6-7,11,13,16H2. The number of aromatic nitrogens is 2. The number of nitrogens with zero attached hydrogens (tertiary/aromatic N) is 2. The minimum Gasteiger partial charge on any atom is -0.488 e. The maximum Gasteiger partial charge on any atom is 0.198 e. The molecule has 3 aromatic carbocycles. The number of hydrogen-bond donors (Lipinski definition) is 0. The van der Waals surface area contributed by atoms with Crippen molar-refractivity contribution in [3.63, 3.8) is 0 Å². The van der Waals surface area contributed by atoms with Crippen LogP contribution in [0.3, 0.4) is 0 Å². The molecular formula is C27H21Cl2FN2O2. The Balaban J connectivity index is 1.51. The van der Waals surface area contributed by atoms with Gasteiger partial charge in [0.15, 0.2) is 5.78 Å². The van der Waals surface area contributed by atoms with Crippen LogP contribution in [0.2, 0.25) is 10.0 Å². The van der Waals surface area contributed by atoms with E-state index in [-0.39, 0.29) is 21.9 Å². The van der Waals surface area contributed by atoms with Crippen molar-refractivity contribution < 1.29 is 13.9 Å². The third-order valence-electron chi connectivity index (χ3n) is 5.95. The molecular weight excluding hydrogens is 474 g/mol. The van der Waals surface area contributed by atoms with E-state index in [9.17, 15) is 9.18 Å². The minimum atomic E-state index is -0.576. The summed E-state index contributed by atoms with van der Waals surface area (Å²) in [6.07, 6.45) is 2.80. The summed E-state index contributed by atoms with van der Waals surface area (Å²) in [5, 5.41) is 4.97. The quantitative estimate of drug-likeness (QED) is 0.267. The molecule has 0 aliphatic carbocycles. The average Bonchev–Trinajstić information content (AvgIpc) is 3.19. The average molecular weight is 495 g/mol. The normalized spacial score (nSPS) is 12.9. The van der Waals surface area contributed by atoms with Crippen LogP contribution >= 0.6 is 23.2 Å². The van der Waals surface area contributed by atoms with Crippen molar-refractivity contribution in [1.29, 1.82) is 0 Å². The predicted molar refractivity (Wildman–Crippen MR) is 131 cm³/mol. The Morgan fingerprint density at radius 1 is 1.00 bits per heavy atom. The molecule has 0 amide bonds. The van der Waals surface area contributed by atoms with Gasteiger partial charge in [0.05, 0.1) is 21.3 Å². The zero-order valence-electron chi connectivity index (χ0n) is 18.2. The van der Waals surface area contributed by atoms with Gasteiger partial charge in [0.2, 0.25) is 0 Å². The van der Waals surface area contributed by atoms with E-state index >= 15 is 0 Å². The highest BCUT2D eigenvalue weighted by atomic mass is 35.5. The fourth-order valence-corrected chi connectivity index (χ4v) is 4.76. The number of carbonyl (C=O) groups is 1. The first-order valence-corrected chi connectivity index (χ1v) is 11.8. The maximum atomic E-state index is 15.0. The Labute approximate surface area is 206 Å². The number of hydrogen-bond acceptors (Lipinski definition) is 3. The molecule has 1 aliphatic heterocycles. The molecule has 0 atom stereocenters. The van der Waals surface area contributed by atoms with Crippen molar-refractivity contribution in [2.75, 3.05) is 0 Å². The van der Waals surface area contributed by atoms with Crippen molar-refractivity contribution >= 4 is 29.0 Å². The van der Waals surface area contributed by atoms with Crippen LogP contribution in [0.25, 0.3) is 11.3 Å². The maximum absolute atomic E-state index is 15.0. The number of benzene rings is 3. The number of halogens is 3. The second kappa shape index (κ2) is 9.61. The molecule has 0 N–H and O–H groups in total. The number of para-hydroxylation sites is 1. The van der Waals surface area contributed by atoms with Crippen molar-refractivity contribution in [1.82, 2.24) is 9.78 Å². The lowest BCUT2D eigenvalue weighted by atomic mass is 9.98. The van der Waals surface area contributed by atoms with Crippen LogP contribution in [0.15, 0.2) is 66.7 Å². The molecule has 172 valence electrons. The first-order chi connectivity index (χ1) is 16.5. The second-order valence-electron chi connectivity index (χ2n) is 8.20. The van der Waals surface area contributed by atoms with Gasteiger partial charge in [-0.15, -0.1) is 0 Å². The van der Waals surface area contributed by atoms with E-state index < -0.39 is 5.82 Å². The third kappa shape index (κ3) is 4.33. The van der Waals surface area contributed by atoms with E-state index in [1.54, 1.807) is 24.3 Å². The highest BCUT2D eigenvalue weighted by molar-refractivity contribution is 6.36. The monoisotopic (exact) mass is 494 g/mol. The van der Waals surface area contributed by atoms with Crippen molar-refractivity contribution in [2.24, 2.45) is 0 Å². The number of aryl methyl sites for hydroxylation is 1.